The number of carboxylic acids is 1. The first kappa shape index (κ1) is 12.6. The molecule has 0 aliphatic heterocycles. The summed E-state index contributed by atoms with van der Waals surface area (Å²) in [5.74, 6) is -0.900. The van der Waals surface area contributed by atoms with E-state index in [2.05, 4.69) is 10.1 Å². The minimum Gasteiger partial charge on any atom is -0.475 e. The van der Waals surface area contributed by atoms with Crippen molar-refractivity contribution in [2.75, 3.05) is 0 Å². The van der Waals surface area contributed by atoms with Crippen molar-refractivity contribution >= 4 is 17.6 Å². The van der Waals surface area contributed by atoms with Gasteiger partial charge < -0.3 is 5.11 Å². The normalized spacial score (nSPS) is 10.7. The van der Waals surface area contributed by atoms with E-state index in [1.807, 2.05) is 26.0 Å². The number of hydrogen-bond donors (Lipinski definition) is 1. The lowest BCUT2D eigenvalue weighted by molar-refractivity contribution is 0.0683. The molecule has 0 atom stereocenters. The van der Waals surface area contributed by atoms with Crippen LogP contribution in [0.25, 0.3) is 5.69 Å². The molecule has 1 heterocycles. The van der Waals surface area contributed by atoms with Gasteiger partial charge in [-0.2, -0.15) is 0 Å². The molecule has 0 saturated carbocycles. The van der Waals surface area contributed by atoms with Gasteiger partial charge >= 0.3 is 5.97 Å². The van der Waals surface area contributed by atoms with Crippen molar-refractivity contribution < 1.29 is 9.90 Å². The minimum atomic E-state index is -1.15. The highest BCUT2D eigenvalue weighted by Gasteiger charge is 2.17. The maximum absolute atomic E-state index is 10.9. The number of hydrogen-bond acceptors (Lipinski definition) is 3. The Morgan fingerprint density at radius 1 is 1.33 bits per heavy atom. The van der Waals surface area contributed by atoms with Crippen LogP contribution in [0, 0.1) is 20.8 Å². The molecule has 6 heteroatoms. The Balaban J connectivity index is 2.66. The zero-order valence-corrected chi connectivity index (χ0v) is 11.0. The second-order valence-electron chi connectivity index (χ2n) is 4.11. The van der Waals surface area contributed by atoms with Crippen LogP contribution in [-0.4, -0.2) is 25.8 Å². The van der Waals surface area contributed by atoms with E-state index in [9.17, 15) is 4.79 Å². The highest BCUT2D eigenvalue weighted by molar-refractivity contribution is 6.32. The van der Waals surface area contributed by atoms with E-state index in [1.165, 1.54) is 4.68 Å². The maximum atomic E-state index is 10.9. The predicted octanol–water partition coefficient (Wildman–Crippen LogP) is 2.54. The average Bonchev–Trinajstić information content (AvgIpc) is 2.59. The third-order valence-corrected chi connectivity index (χ3v) is 2.86. The summed E-state index contributed by atoms with van der Waals surface area (Å²) in [7, 11) is 0. The summed E-state index contributed by atoms with van der Waals surface area (Å²) in [4.78, 5) is 14.7. The van der Waals surface area contributed by atoms with Gasteiger partial charge in [-0.05, 0) is 38.0 Å². The van der Waals surface area contributed by atoms with Gasteiger partial charge in [-0.1, -0.05) is 17.7 Å². The highest BCUT2D eigenvalue weighted by atomic mass is 35.5. The molecule has 2 rings (SSSR count). The van der Waals surface area contributed by atoms with E-state index in [4.69, 9.17) is 16.7 Å². The third kappa shape index (κ3) is 2.09. The standard InChI is InChI=1S/C12H12ClN3O2/c1-6-4-7(2)10(9(13)5-6)16-8(3)14-11(15-16)12(17)18/h4-5H,1-3H3,(H,17,18). The van der Waals surface area contributed by atoms with Gasteiger partial charge in [-0.3, -0.25) is 0 Å². The molecule has 5 nitrogen and oxygen atoms in total. The lowest BCUT2D eigenvalue weighted by atomic mass is 10.1. The van der Waals surface area contributed by atoms with Crippen molar-refractivity contribution in [1.29, 1.82) is 0 Å². The van der Waals surface area contributed by atoms with Crippen molar-refractivity contribution in [1.82, 2.24) is 14.8 Å². The van der Waals surface area contributed by atoms with Crippen LogP contribution in [0.2, 0.25) is 5.02 Å². The van der Waals surface area contributed by atoms with Gasteiger partial charge in [-0.25, -0.2) is 14.5 Å². The summed E-state index contributed by atoms with van der Waals surface area (Å²) in [5, 5.41) is 13.4. The van der Waals surface area contributed by atoms with E-state index in [0.717, 1.165) is 11.1 Å². The van der Waals surface area contributed by atoms with Gasteiger partial charge in [0.2, 0.25) is 0 Å². The summed E-state index contributed by atoms with van der Waals surface area (Å²) < 4.78 is 1.46. The Kier molecular flexibility index (Phi) is 3.09. The molecule has 0 amide bonds. The van der Waals surface area contributed by atoms with E-state index < -0.39 is 5.97 Å². The summed E-state index contributed by atoms with van der Waals surface area (Å²) in [5.41, 5.74) is 2.63. The maximum Gasteiger partial charge on any atom is 0.375 e. The molecule has 0 spiro atoms. The Bertz CT molecular complexity index is 611. The Hall–Kier alpha value is -1.88. The zero-order chi connectivity index (χ0) is 13.4. The molecular formula is C12H12ClN3O2. The van der Waals surface area contributed by atoms with Gasteiger partial charge in [0.1, 0.15) is 5.82 Å². The second kappa shape index (κ2) is 4.42. The number of rotatable bonds is 2. The average molecular weight is 266 g/mol. The first-order valence-corrected chi connectivity index (χ1v) is 5.72. The Labute approximate surface area is 109 Å². The molecule has 1 N–H and O–H groups in total. The number of aromatic carboxylic acids is 1. The molecule has 0 radical (unpaired) electrons. The number of aryl methyl sites for hydroxylation is 3. The molecule has 94 valence electrons. The monoisotopic (exact) mass is 265 g/mol. The van der Waals surface area contributed by atoms with E-state index in [0.29, 0.717) is 16.5 Å². The van der Waals surface area contributed by atoms with Gasteiger partial charge in [0.05, 0.1) is 10.7 Å². The molecule has 0 fully saturated rings. The molecule has 1 aromatic carbocycles. The van der Waals surface area contributed by atoms with Crippen molar-refractivity contribution in [3.8, 4) is 5.69 Å². The summed E-state index contributed by atoms with van der Waals surface area (Å²) >= 11 is 6.19. The quantitative estimate of drug-likeness (QED) is 0.906. The SMILES string of the molecule is Cc1cc(C)c(-n2nc(C(=O)O)nc2C)c(Cl)c1. The molecule has 0 aliphatic rings. The first-order chi connectivity index (χ1) is 8.40. The van der Waals surface area contributed by atoms with Gasteiger partial charge in [0.25, 0.3) is 5.82 Å². The van der Waals surface area contributed by atoms with Crippen LogP contribution in [0.5, 0.6) is 0 Å². The fourth-order valence-electron chi connectivity index (χ4n) is 1.87. The van der Waals surface area contributed by atoms with Crippen LogP contribution in [0.1, 0.15) is 27.6 Å². The molecule has 0 bridgehead atoms. The van der Waals surface area contributed by atoms with Crippen LogP contribution in [-0.2, 0) is 0 Å². The molecule has 18 heavy (non-hydrogen) atoms. The van der Waals surface area contributed by atoms with Crippen LogP contribution >= 0.6 is 11.6 Å². The second-order valence-corrected chi connectivity index (χ2v) is 4.52. The van der Waals surface area contributed by atoms with Crippen molar-refractivity contribution in [3.63, 3.8) is 0 Å². The van der Waals surface area contributed by atoms with Crippen molar-refractivity contribution in [2.24, 2.45) is 0 Å². The van der Waals surface area contributed by atoms with Crippen molar-refractivity contribution in [2.45, 2.75) is 20.8 Å². The number of nitrogens with zero attached hydrogens (tertiary/aromatic N) is 3. The van der Waals surface area contributed by atoms with E-state index >= 15 is 0 Å². The fourth-order valence-corrected chi connectivity index (χ4v) is 2.27. The van der Waals surface area contributed by atoms with Crippen LogP contribution < -0.4 is 0 Å². The van der Waals surface area contributed by atoms with E-state index in [-0.39, 0.29) is 5.82 Å². The number of carbonyl (C=O) groups is 1. The van der Waals surface area contributed by atoms with Gasteiger partial charge in [0.15, 0.2) is 0 Å². The molecule has 0 saturated heterocycles. The summed E-state index contributed by atoms with van der Waals surface area (Å²) in [6.45, 7) is 5.53. The summed E-state index contributed by atoms with van der Waals surface area (Å²) in [6, 6.07) is 3.77. The number of halogens is 1. The number of benzene rings is 1. The molecule has 1 aromatic heterocycles. The van der Waals surface area contributed by atoms with Gasteiger partial charge in [0, 0.05) is 0 Å². The minimum absolute atomic E-state index is 0.233. The molecule has 2 aromatic rings. The first-order valence-electron chi connectivity index (χ1n) is 5.34. The Morgan fingerprint density at radius 2 is 2.00 bits per heavy atom. The molecule has 0 unspecified atom stereocenters. The van der Waals surface area contributed by atoms with Crippen LogP contribution in [0.4, 0.5) is 0 Å². The zero-order valence-electron chi connectivity index (χ0n) is 10.2. The lowest BCUT2D eigenvalue weighted by Crippen LogP contribution is -2.05. The van der Waals surface area contributed by atoms with E-state index in [1.54, 1.807) is 6.92 Å². The third-order valence-electron chi connectivity index (χ3n) is 2.57. The molecule has 0 aliphatic carbocycles. The van der Waals surface area contributed by atoms with Crippen molar-refractivity contribution in [3.05, 3.63) is 39.9 Å². The van der Waals surface area contributed by atoms with Crippen LogP contribution in [0.15, 0.2) is 12.1 Å². The highest BCUT2D eigenvalue weighted by Crippen LogP contribution is 2.26. The lowest BCUT2D eigenvalue weighted by Gasteiger charge is -2.10. The Morgan fingerprint density at radius 3 is 2.50 bits per heavy atom. The number of aromatic nitrogens is 3. The summed E-state index contributed by atoms with van der Waals surface area (Å²) in [6.07, 6.45) is 0. The fraction of sp³-hybridized carbons (Fsp3) is 0.250. The van der Waals surface area contributed by atoms with Crippen LogP contribution in [0.3, 0.4) is 0 Å². The largest absolute Gasteiger partial charge is 0.475 e. The number of carboxylic acid groups (broad SMARTS) is 1. The molecular weight excluding hydrogens is 254 g/mol. The van der Waals surface area contributed by atoms with Gasteiger partial charge in [-0.15, -0.1) is 5.10 Å². The smallest absolute Gasteiger partial charge is 0.375 e. The topological polar surface area (TPSA) is 68.0 Å². The predicted molar refractivity (Wildman–Crippen MR) is 67.5 cm³/mol.